The molecule has 0 fully saturated rings. The number of carbonyl (C=O) groups is 3. The van der Waals surface area contributed by atoms with E-state index in [-0.39, 0.29) is 31.1 Å². The van der Waals surface area contributed by atoms with Gasteiger partial charge in [-0.2, -0.15) is 0 Å². The van der Waals surface area contributed by atoms with Gasteiger partial charge in [0.25, 0.3) is 0 Å². The molecule has 0 atom stereocenters. The molecular weight excluding hydrogens is 757 g/mol. The molecule has 0 unspecified atom stereocenters. The number of rotatable bonds is 48. The number of ether oxygens (including phenoxy) is 3. The lowest BCUT2D eigenvalue weighted by Crippen LogP contribution is -2.30. The molecule has 0 aromatic rings. The van der Waals surface area contributed by atoms with Crippen LogP contribution in [0.15, 0.2) is 36.5 Å². The van der Waals surface area contributed by atoms with Gasteiger partial charge in [0.05, 0.1) is 0 Å². The summed E-state index contributed by atoms with van der Waals surface area (Å²) in [5.41, 5.74) is 0. The summed E-state index contributed by atoms with van der Waals surface area (Å²) in [6.07, 6.45) is 58.3. The van der Waals surface area contributed by atoms with Crippen molar-refractivity contribution in [1.82, 2.24) is 0 Å². The second-order valence-electron chi connectivity index (χ2n) is 17.8. The van der Waals surface area contributed by atoms with E-state index < -0.39 is 6.10 Å². The fraction of sp³-hybridized carbons (Fsp3) is 0.836. The first kappa shape index (κ1) is 58.6. The number of esters is 3. The van der Waals surface area contributed by atoms with E-state index in [4.69, 9.17) is 14.2 Å². The summed E-state index contributed by atoms with van der Waals surface area (Å²) in [4.78, 5) is 38.0. The van der Waals surface area contributed by atoms with Gasteiger partial charge in [0.2, 0.25) is 0 Å². The average Bonchev–Trinajstić information content (AvgIpc) is 3.26. The van der Waals surface area contributed by atoms with E-state index in [1.54, 1.807) is 0 Å². The van der Waals surface area contributed by atoms with Crippen LogP contribution in [0.3, 0.4) is 0 Å². The molecule has 0 aliphatic rings. The van der Waals surface area contributed by atoms with Crippen LogP contribution in [-0.2, 0) is 28.6 Å². The molecule has 0 aliphatic heterocycles. The Morgan fingerprint density at radius 1 is 0.311 bits per heavy atom. The minimum absolute atomic E-state index is 0.0775. The monoisotopic (exact) mass is 857 g/mol. The summed E-state index contributed by atoms with van der Waals surface area (Å²) in [5.74, 6) is -0.885. The van der Waals surface area contributed by atoms with Gasteiger partial charge in [-0.05, 0) is 96.3 Å². The molecule has 0 aliphatic carbocycles. The molecule has 0 rings (SSSR count). The van der Waals surface area contributed by atoms with Crippen molar-refractivity contribution in [3.05, 3.63) is 36.5 Å². The molecule has 0 aromatic carbocycles. The summed E-state index contributed by atoms with van der Waals surface area (Å²) in [6.45, 7) is 6.60. The van der Waals surface area contributed by atoms with Gasteiger partial charge < -0.3 is 14.2 Å². The fourth-order valence-electron chi connectivity index (χ4n) is 7.54. The van der Waals surface area contributed by atoms with E-state index in [2.05, 4.69) is 57.2 Å². The Morgan fingerprint density at radius 2 is 0.541 bits per heavy atom. The highest BCUT2D eigenvalue weighted by Gasteiger charge is 2.19. The molecule has 0 saturated heterocycles. The smallest absolute Gasteiger partial charge is 0.306 e. The van der Waals surface area contributed by atoms with Crippen LogP contribution in [0.1, 0.15) is 278 Å². The second-order valence-corrected chi connectivity index (χ2v) is 17.8. The Kier molecular flexibility index (Phi) is 48.3. The van der Waals surface area contributed by atoms with E-state index in [1.165, 1.54) is 167 Å². The van der Waals surface area contributed by atoms with Crippen molar-refractivity contribution in [3.8, 4) is 0 Å². The van der Waals surface area contributed by atoms with E-state index in [0.717, 1.165) is 70.6 Å². The Balaban J connectivity index is 4.37. The van der Waals surface area contributed by atoms with Crippen molar-refractivity contribution in [2.24, 2.45) is 0 Å². The normalized spacial score (nSPS) is 11.8. The van der Waals surface area contributed by atoms with Crippen LogP contribution in [0, 0.1) is 0 Å². The molecule has 0 radical (unpaired) electrons. The maximum absolute atomic E-state index is 12.8. The van der Waals surface area contributed by atoms with Gasteiger partial charge in [-0.1, -0.05) is 198 Å². The van der Waals surface area contributed by atoms with Crippen molar-refractivity contribution in [2.45, 2.75) is 284 Å². The zero-order valence-corrected chi connectivity index (χ0v) is 40.7. The highest BCUT2D eigenvalue weighted by molar-refractivity contribution is 5.71. The molecule has 0 N–H and O–H groups in total. The molecule has 6 nitrogen and oxygen atoms in total. The molecule has 61 heavy (non-hydrogen) atoms. The van der Waals surface area contributed by atoms with Crippen LogP contribution < -0.4 is 0 Å². The van der Waals surface area contributed by atoms with Crippen LogP contribution in [0.4, 0.5) is 0 Å². The van der Waals surface area contributed by atoms with E-state index >= 15 is 0 Å². The third kappa shape index (κ3) is 48.5. The van der Waals surface area contributed by atoms with Crippen molar-refractivity contribution in [3.63, 3.8) is 0 Å². The molecule has 0 bridgehead atoms. The third-order valence-corrected chi connectivity index (χ3v) is 11.6. The standard InChI is InChI=1S/C55H100O6/c1-4-7-10-13-16-19-22-25-27-30-32-35-38-41-44-47-53(56)59-50-52(61-55(58)49-46-43-40-37-34-29-24-21-18-15-12-9-6-3)51-60-54(57)48-45-42-39-36-33-31-28-26-23-20-17-14-11-8-5-2/h19-24,52H,4-18,25-51H2,1-3H3/b22-19-,23-20-,24-21-. The second kappa shape index (κ2) is 50.3. The zero-order chi connectivity index (χ0) is 44.4. The van der Waals surface area contributed by atoms with Crippen molar-refractivity contribution >= 4 is 17.9 Å². The highest BCUT2D eigenvalue weighted by Crippen LogP contribution is 2.15. The quantitative estimate of drug-likeness (QED) is 0.0262. The Morgan fingerprint density at radius 3 is 0.820 bits per heavy atom. The molecule has 0 heterocycles. The van der Waals surface area contributed by atoms with Crippen LogP contribution >= 0.6 is 0 Å². The van der Waals surface area contributed by atoms with Gasteiger partial charge in [-0.3, -0.25) is 14.4 Å². The Labute approximate surface area is 378 Å². The van der Waals surface area contributed by atoms with E-state index in [0.29, 0.717) is 19.3 Å². The predicted octanol–water partition coefficient (Wildman–Crippen LogP) is 17.3. The summed E-state index contributed by atoms with van der Waals surface area (Å²) >= 11 is 0. The van der Waals surface area contributed by atoms with Gasteiger partial charge >= 0.3 is 17.9 Å². The maximum atomic E-state index is 12.8. The van der Waals surface area contributed by atoms with Gasteiger partial charge in [-0.25, -0.2) is 0 Å². The lowest BCUT2D eigenvalue weighted by Gasteiger charge is -2.18. The Bertz CT molecular complexity index is 975. The number of hydrogen-bond acceptors (Lipinski definition) is 6. The van der Waals surface area contributed by atoms with Gasteiger partial charge in [0, 0.05) is 19.3 Å². The first-order valence-corrected chi connectivity index (χ1v) is 26.5. The largest absolute Gasteiger partial charge is 0.462 e. The lowest BCUT2D eigenvalue weighted by atomic mass is 10.1. The number of carbonyl (C=O) groups excluding carboxylic acids is 3. The van der Waals surface area contributed by atoms with Crippen LogP contribution in [0.5, 0.6) is 0 Å². The van der Waals surface area contributed by atoms with Gasteiger partial charge in [0.15, 0.2) is 6.10 Å². The highest BCUT2D eigenvalue weighted by atomic mass is 16.6. The molecule has 0 aromatic heterocycles. The topological polar surface area (TPSA) is 78.9 Å². The average molecular weight is 857 g/mol. The minimum atomic E-state index is -0.777. The summed E-state index contributed by atoms with van der Waals surface area (Å²) < 4.78 is 16.8. The predicted molar refractivity (Wildman–Crippen MR) is 261 cm³/mol. The van der Waals surface area contributed by atoms with Crippen molar-refractivity contribution < 1.29 is 28.6 Å². The van der Waals surface area contributed by atoms with E-state index in [9.17, 15) is 14.4 Å². The van der Waals surface area contributed by atoms with Gasteiger partial charge in [-0.15, -0.1) is 0 Å². The maximum Gasteiger partial charge on any atom is 0.306 e. The number of allylic oxidation sites excluding steroid dienone is 6. The first-order valence-electron chi connectivity index (χ1n) is 26.5. The fourth-order valence-corrected chi connectivity index (χ4v) is 7.54. The third-order valence-electron chi connectivity index (χ3n) is 11.6. The number of unbranched alkanes of at least 4 members (excludes halogenated alkanes) is 31. The zero-order valence-electron chi connectivity index (χ0n) is 40.7. The summed E-state index contributed by atoms with van der Waals surface area (Å²) in [6, 6.07) is 0. The number of hydrogen-bond donors (Lipinski definition) is 0. The summed E-state index contributed by atoms with van der Waals surface area (Å²) in [5, 5.41) is 0. The molecule has 0 amide bonds. The molecule has 0 saturated carbocycles. The minimum Gasteiger partial charge on any atom is -0.462 e. The molecule has 0 spiro atoms. The van der Waals surface area contributed by atoms with Crippen LogP contribution in [0.2, 0.25) is 0 Å². The first-order chi connectivity index (χ1) is 30.0. The summed E-state index contributed by atoms with van der Waals surface area (Å²) in [7, 11) is 0. The van der Waals surface area contributed by atoms with Crippen LogP contribution in [0.25, 0.3) is 0 Å². The lowest BCUT2D eigenvalue weighted by molar-refractivity contribution is -0.167. The van der Waals surface area contributed by atoms with Gasteiger partial charge in [0.1, 0.15) is 13.2 Å². The molecular formula is C55H100O6. The van der Waals surface area contributed by atoms with Crippen LogP contribution in [-0.4, -0.2) is 37.2 Å². The van der Waals surface area contributed by atoms with Crippen molar-refractivity contribution in [1.29, 1.82) is 0 Å². The SMILES string of the molecule is CCCCCC/C=C\CCCCCCCCCC(=O)OCC(COC(=O)CCCCCCCCC/C=C\CCCCCC)OC(=O)CCCCCCC/C=C\CCCCCC. The van der Waals surface area contributed by atoms with E-state index in [1.807, 2.05) is 0 Å². The Hall–Kier alpha value is -2.37. The molecule has 356 valence electrons. The molecule has 6 heteroatoms. The van der Waals surface area contributed by atoms with Crippen molar-refractivity contribution in [2.75, 3.05) is 13.2 Å².